The summed E-state index contributed by atoms with van der Waals surface area (Å²) >= 11 is 0. The third-order valence-corrected chi connectivity index (χ3v) is 2.37. The van der Waals surface area contributed by atoms with Crippen molar-refractivity contribution < 1.29 is 9.13 Å². The third kappa shape index (κ3) is 4.28. The Kier molecular flexibility index (Phi) is 5.49. The number of allylic oxidation sites excluding steroid dienone is 1. The lowest BCUT2D eigenvalue weighted by molar-refractivity contribution is 0.301. The molecule has 4 heteroatoms. The zero-order chi connectivity index (χ0) is 13.5. The molecule has 0 saturated heterocycles. The zero-order valence-electron chi connectivity index (χ0n) is 11.2. The lowest BCUT2D eigenvalue weighted by atomic mass is 10.2. The van der Waals surface area contributed by atoms with Crippen molar-refractivity contribution in [2.75, 3.05) is 24.2 Å². The largest absolute Gasteiger partial charge is 0.490 e. The molecule has 3 nitrogen and oxygen atoms in total. The Morgan fingerprint density at radius 2 is 2.17 bits per heavy atom. The van der Waals surface area contributed by atoms with Crippen molar-refractivity contribution in [2.24, 2.45) is 0 Å². The highest BCUT2D eigenvalue weighted by Crippen LogP contribution is 2.28. The first-order chi connectivity index (χ1) is 8.54. The first-order valence-corrected chi connectivity index (χ1v) is 6.13. The fourth-order valence-electron chi connectivity index (χ4n) is 1.41. The van der Waals surface area contributed by atoms with Gasteiger partial charge in [0.1, 0.15) is 0 Å². The minimum Gasteiger partial charge on any atom is -0.490 e. The summed E-state index contributed by atoms with van der Waals surface area (Å²) < 4.78 is 18.9. The van der Waals surface area contributed by atoms with Crippen molar-refractivity contribution in [3.8, 4) is 5.75 Å². The van der Waals surface area contributed by atoms with Crippen LogP contribution in [0.25, 0.3) is 0 Å². The summed E-state index contributed by atoms with van der Waals surface area (Å²) in [6, 6.07) is 2.90. The van der Waals surface area contributed by atoms with E-state index in [1.807, 2.05) is 26.8 Å². The van der Waals surface area contributed by atoms with Crippen molar-refractivity contribution in [2.45, 2.75) is 27.2 Å². The maximum atomic E-state index is 13.6. The Labute approximate surface area is 108 Å². The molecule has 0 fully saturated rings. The van der Waals surface area contributed by atoms with Crippen LogP contribution in [-0.2, 0) is 0 Å². The van der Waals surface area contributed by atoms with Gasteiger partial charge in [-0.15, -0.1) is 0 Å². The Balaban J connectivity index is 2.80. The summed E-state index contributed by atoms with van der Waals surface area (Å²) in [7, 11) is 0. The summed E-state index contributed by atoms with van der Waals surface area (Å²) in [6.07, 6.45) is 2.87. The van der Waals surface area contributed by atoms with Crippen LogP contribution >= 0.6 is 0 Å². The third-order valence-electron chi connectivity index (χ3n) is 2.37. The lowest BCUT2D eigenvalue weighted by Gasteiger charge is -2.12. The van der Waals surface area contributed by atoms with Gasteiger partial charge in [-0.3, -0.25) is 0 Å². The molecule has 0 spiro atoms. The van der Waals surface area contributed by atoms with E-state index in [1.165, 1.54) is 11.6 Å². The molecule has 1 aromatic rings. The molecule has 0 aliphatic rings. The molecule has 18 heavy (non-hydrogen) atoms. The first kappa shape index (κ1) is 14.4. The number of halogens is 1. The van der Waals surface area contributed by atoms with E-state index in [9.17, 15) is 4.39 Å². The van der Waals surface area contributed by atoms with Gasteiger partial charge in [0.25, 0.3) is 0 Å². The number of rotatable bonds is 6. The average Bonchev–Trinajstić information content (AvgIpc) is 2.30. The van der Waals surface area contributed by atoms with Crippen LogP contribution in [0.3, 0.4) is 0 Å². The first-order valence-electron chi connectivity index (χ1n) is 6.13. The quantitative estimate of drug-likeness (QED) is 0.601. The Morgan fingerprint density at radius 3 is 2.78 bits per heavy atom. The van der Waals surface area contributed by atoms with Gasteiger partial charge in [-0.05, 0) is 20.3 Å². The van der Waals surface area contributed by atoms with E-state index in [2.05, 4.69) is 5.32 Å². The van der Waals surface area contributed by atoms with E-state index in [0.29, 0.717) is 24.5 Å². The van der Waals surface area contributed by atoms with Gasteiger partial charge >= 0.3 is 0 Å². The molecule has 0 amide bonds. The van der Waals surface area contributed by atoms with Crippen molar-refractivity contribution in [3.05, 3.63) is 29.6 Å². The molecule has 0 aliphatic heterocycles. The van der Waals surface area contributed by atoms with Gasteiger partial charge in [0.15, 0.2) is 11.6 Å². The van der Waals surface area contributed by atoms with Gasteiger partial charge in [0.2, 0.25) is 0 Å². The molecule has 0 unspecified atom stereocenters. The normalized spacial score (nSPS) is 10.0. The molecule has 100 valence electrons. The van der Waals surface area contributed by atoms with Gasteiger partial charge in [-0.2, -0.15) is 0 Å². The Hall–Kier alpha value is -1.71. The fraction of sp³-hybridized carbons (Fsp3) is 0.429. The van der Waals surface area contributed by atoms with Crippen LogP contribution in [0.4, 0.5) is 15.8 Å². The maximum Gasteiger partial charge on any atom is 0.167 e. The van der Waals surface area contributed by atoms with Crippen molar-refractivity contribution >= 4 is 11.4 Å². The monoisotopic (exact) mass is 252 g/mol. The molecule has 3 N–H and O–H groups in total. The molecule has 0 aromatic heterocycles. The van der Waals surface area contributed by atoms with Crippen molar-refractivity contribution in [1.29, 1.82) is 0 Å². The number of nitrogens with one attached hydrogen (secondary N) is 1. The van der Waals surface area contributed by atoms with E-state index in [0.717, 1.165) is 6.42 Å². The Morgan fingerprint density at radius 1 is 1.44 bits per heavy atom. The smallest absolute Gasteiger partial charge is 0.167 e. The standard InChI is InChI=1S/C14H21FN2O/c1-4-7-18-14-9-13(12(16)8-11(14)15)17-6-5-10(2)3/h5,8-9,17H,4,6-7,16H2,1-3H3. The van der Waals surface area contributed by atoms with Crippen LogP contribution in [0.15, 0.2) is 23.8 Å². The SMILES string of the molecule is CCCOc1cc(NCC=C(C)C)c(N)cc1F. The van der Waals surface area contributed by atoms with Crippen LogP contribution in [0.1, 0.15) is 27.2 Å². The molecule has 0 bridgehead atoms. The number of benzene rings is 1. The number of anilines is 2. The predicted octanol–water partition coefficient (Wildman–Crippen LogP) is 3.57. The van der Waals surface area contributed by atoms with Gasteiger partial charge in [-0.1, -0.05) is 18.6 Å². The summed E-state index contributed by atoms with van der Waals surface area (Å²) in [5.41, 5.74) is 8.05. The number of hydrogen-bond acceptors (Lipinski definition) is 3. The van der Waals surface area contributed by atoms with Gasteiger partial charge in [0.05, 0.1) is 18.0 Å². The highest BCUT2D eigenvalue weighted by Gasteiger charge is 2.08. The van der Waals surface area contributed by atoms with E-state index < -0.39 is 5.82 Å². The van der Waals surface area contributed by atoms with Crippen LogP contribution < -0.4 is 15.8 Å². The van der Waals surface area contributed by atoms with Gasteiger partial charge in [-0.25, -0.2) is 4.39 Å². The second-order valence-corrected chi connectivity index (χ2v) is 4.38. The summed E-state index contributed by atoms with van der Waals surface area (Å²) in [5, 5.41) is 3.14. The molecular formula is C14H21FN2O. The Bertz CT molecular complexity index is 426. The van der Waals surface area contributed by atoms with Gasteiger partial charge in [0, 0.05) is 18.7 Å². The zero-order valence-corrected chi connectivity index (χ0v) is 11.2. The molecular weight excluding hydrogens is 231 g/mol. The second-order valence-electron chi connectivity index (χ2n) is 4.38. The number of ether oxygens (including phenoxy) is 1. The fourth-order valence-corrected chi connectivity index (χ4v) is 1.41. The van der Waals surface area contributed by atoms with Crippen molar-refractivity contribution in [1.82, 2.24) is 0 Å². The van der Waals surface area contributed by atoms with E-state index >= 15 is 0 Å². The second kappa shape index (κ2) is 6.89. The molecule has 1 rings (SSSR count). The van der Waals surface area contributed by atoms with Crippen molar-refractivity contribution in [3.63, 3.8) is 0 Å². The van der Waals surface area contributed by atoms with E-state index in [-0.39, 0.29) is 5.75 Å². The van der Waals surface area contributed by atoms with Crippen LogP contribution in [-0.4, -0.2) is 13.2 Å². The topological polar surface area (TPSA) is 47.3 Å². The van der Waals surface area contributed by atoms with Crippen LogP contribution in [0.5, 0.6) is 5.75 Å². The van der Waals surface area contributed by atoms with E-state index in [1.54, 1.807) is 6.07 Å². The molecule has 1 aromatic carbocycles. The molecule has 0 radical (unpaired) electrons. The summed E-state index contributed by atoms with van der Waals surface area (Å²) in [4.78, 5) is 0. The molecule has 0 saturated carbocycles. The molecule has 0 atom stereocenters. The minimum absolute atomic E-state index is 0.241. The number of nitrogen functional groups attached to an aromatic ring is 1. The number of nitrogens with two attached hydrogens (primary N) is 1. The predicted molar refractivity (Wildman–Crippen MR) is 74.5 cm³/mol. The van der Waals surface area contributed by atoms with E-state index in [4.69, 9.17) is 10.5 Å². The summed E-state index contributed by atoms with van der Waals surface area (Å²) in [5.74, 6) is -0.181. The van der Waals surface area contributed by atoms with Crippen LogP contribution in [0, 0.1) is 5.82 Å². The lowest BCUT2D eigenvalue weighted by Crippen LogP contribution is -2.05. The minimum atomic E-state index is -0.422. The highest BCUT2D eigenvalue weighted by atomic mass is 19.1. The van der Waals surface area contributed by atoms with Crippen LogP contribution in [0.2, 0.25) is 0 Å². The number of hydrogen-bond donors (Lipinski definition) is 2. The highest BCUT2D eigenvalue weighted by molar-refractivity contribution is 5.68. The molecule has 0 aliphatic carbocycles. The molecule has 0 heterocycles. The summed E-state index contributed by atoms with van der Waals surface area (Å²) in [6.45, 7) is 7.17. The van der Waals surface area contributed by atoms with Gasteiger partial charge < -0.3 is 15.8 Å². The average molecular weight is 252 g/mol. The maximum absolute atomic E-state index is 13.6.